The van der Waals surface area contributed by atoms with Crippen LogP contribution in [-0.4, -0.2) is 55.8 Å². The van der Waals surface area contributed by atoms with Crippen LogP contribution < -0.4 is 0 Å². The lowest BCUT2D eigenvalue weighted by Crippen LogP contribution is -2.38. The highest BCUT2D eigenvalue weighted by Crippen LogP contribution is 2.35. The Hall–Kier alpha value is -4.14. The normalized spacial score (nSPS) is 13.8. The molecule has 3 aromatic carbocycles. The van der Waals surface area contributed by atoms with Crippen molar-refractivity contribution in [1.82, 2.24) is 14.7 Å². The van der Waals surface area contributed by atoms with Crippen LogP contribution in [0.3, 0.4) is 0 Å². The molecule has 0 unspecified atom stereocenters. The molecule has 1 aliphatic rings. The highest BCUT2D eigenvalue weighted by molar-refractivity contribution is 6.32. The van der Waals surface area contributed by atoms with E-state index in [1.54, 1.807) is 71.6 Å². The molecule has 0 saturated carbocycles. The van der Waals surface area contributed by atoms with Gasteiger partial charge in [0.2, 0.25) is 0 Å². The third kappa shape index (κ3) is 5.59. The van der Waals surface area contributed by atoms with Crippen molar-refractivity contribution in [3.8, 4) is 16.9 Å². The first-order chi connectivity index (χ1) is 19.2. The van der Waals surface area contributed by atoms with Crippen molar-refractivity contribution < 1.29 is 24.6 Å². The molecule has 2 heterocycles. The summed E-state index contributed by atoms with van der Waals surface area (Å²) in [5, 5.41) is 24.7. The Labute approximate surface area is 240 Å². The molecule has 40 heavy (non-hydrogen) atoms. The van der Waals surface area contributed by atoms with E-state index < -0.39 is 18.4 Å². The van der Waals surface area contributed by atoms with E-state index in [0.29, 0.717) is 52.9 Å². The number of hydrogen-bond acceptors (Lipinski definition) is 4. The van der Waals surface area contributed by atoms with Crippen LogP contribution >= 0.6 is 23.2 Å². The average Bonchev–Trinajstić information content (AvgIpc) is 3.31. The maximum Gasteiger partial charge on any atom is 0.335 e. The fourth-order valence-electron chi connectivity index (χ4n) is 5.13. The Morgan fingerprint density at radius 2 is 1.60 bits per heavy atom. The third-order valence-corrected chi connectivity index (χ3v) is 7.67. The SMILES string of the molecule is O=C(O)Cc1c(C(=O)N2CCC(c3cccc(C(=O)O)c3)CC2)nn(-c2ccccc2Cl)c1-c1ccc(Cl)cc1. The van der Waals surface area contributed by atoms with E-state index in [0.717, 1.165) is 5.56 Å². The predicted octanol–water partition coefficient (Wildman–Crippen LogP) is 6.19. The Kier molecular flexibility index (Phi) is 7.91. The van der Waals surface area contributed by atoms with E-state index in [1.807, 2.05) is 6.07 Å². The van der Waals surface area contributed by atoms with Gasteiger partial charge in [0.15, 0.2) is 5.69 Å². The molecule has 8 nitrogen and oxygen atoms in total. The molecule has 1 amide bonds. The molecule has 1 aromatic heterocycles. The summed E-state index contributed by atoms with van der Waals surface area (Å²) >= 11 is 12.6. The van der Waals surface area contributed by atoms with Gasteiger partial charge in [-0.25, -0.2) is 9.48 Å². The molecule has 5 rings (SSSR count). The number of likely N-dealkylation sites (tertiary alicyclic amines) is 1. The van der Waals surface area contributed by atoms with Crippen LogP contribution in [-0.2, 0) is 11.2 Å². The first-order valence-corrected chi connectivity index (χ1v) is 13.5. The maximum atomic E-state index is 13.9. The number of carbonyl (C=O) groups excluding carboxylic acids is 1. The number of carbonyl (C=O) groups is 3. The smallest absolute Gasteiger partial charge is 0.335 e. The van der Waals surface area contributed by atoms with Crippen molar-refractivity contribution in [1.29, 1.82) is 0 Å². The van der Waals surface area contributed by atoms with Gasteiger partial charge < -0.3 is 15.1 Å². The van der Waals surface area contributed by atoms with Crippen molar-refractivity contribution in [3.05, 3.63) is 105 Å². The van der Waals surface area contributed by atoms with Gasteiger partial charge >= 0.3 is 11.9 Å². The van der Waals surface area contributed by atoms with Gasteiger partial charge in [0.1, 0.15) is 0 Å². The lowest BCUT2D eigenvalue weighted by molar-refractivity contribution is -0.136. The molecule has 1 aliphatic heterocycles. The average molecular weight is 578 g/mol. The number of rotatable bonds is 7. The number of piperidine rings is 1. The van der Waals surface area contributed by atoms with Gasteiger partial charge in [-0.05, 0) is 60.7 Å². The second-order valence-electron chi connectivity index (χ2n) is 9.61. The minimum absolute atomic E-state index is 0.0543. The maximum absolute atomic E-state index is 13.9. The van der Waals surface area contributed by atoms with E-state index in [-0.39, 0.29) is 28.6 Å². The number of aliphatic carboxylic acids is 1. The van der Waals surface area contributed by atoms with Gasteiger partial charge in [-0.2, -0.15) is 5.10 Å². The van der Waals surface area contributed by atoms with E-state index >= 15 is 0 Å². The molecular formula is C30H25Cl2N3O5. The monoisotopic (exact) mass is 577 g/mol. The summed E-state index contributed by atoms with van der Waals surface area (Å²) in [7, 11) is 0. The quantitative estimate of drug-likeness (QED) is 0.271. The lowest BCUT2D eigenvalue weighted by atomic mass is 9.88. The van der Waals surface area contributed by atoms with Gasteiger partial charge in [0, 0.05) is 29.2 Å². The number of hydrogen-bond donors (Lipinski definition) is 2. The molecule has 1 saturated heterocycles. The van der Waals surface area contributed by atoms with Gasteiger partial charge in [0.25, 0.3) is 5.91 Å². The molecule has 204 valence electrons. The van der Waals surface area contributed by atoms with Crippen LogP contribution in [0.1, 0.15) is 50.7 Å². The largest absolute Gasteiger partial charge is 0.481 e. The van der Waals surface area contributed by atoms with E-state index in [9.17, 15) is 24.6 Å². The summed E-state index contributed by atoms with van der Waals surface area (Å²) in [5.41, 5.74) is 3.10. The van der Waals surface area contributed by atoms with Crippen LogP contribution in [0.2, 0.25) is 10.0 Å². The summed E-state index contributed by atoms with van der Waals surface area (Å²) in [6.45, 7) is 0.838. The van der Waals surface area contributed by atoms with Crippen LogP contribution in [0.15, 0.2) is 72.8 Å². The lowest BCUT2D eigenvalue weighted by Gasteiger charge is -2.32. The molecule has 1 fully saturated rings. The van der Waals surface area contributed by atoms with Gasteiger partial charge in [-0.15, -0.1) is 0 Å². The number of nitrogens with zero attached hydrogens (tertiary/aromatic N) is 3. The van der Waals surface area contributed by atoms with Crippen LogP contribution in [0.25, 0.3) is 16.9 Å². The first kappa shape index (κ1) is 27.4. The van der Waals surface area contributed by atoms with Crippen molar-refractivity contribution in [2.24, 2.45) is 0 Å². The first-order valence-electron chi connectivity index (χ1n) is 12.7. The third-order valence-electron chi connectivity index (χ3n) is 7.10. The number of amides is 1. The molecule has 4 aromatic rings. The zero-order valence-electron chi connectivity index (χ0n) is 21.3. The number of carboxylic acid groups (broad SMARTS) is 2. The second-order valence-corrected chi connectivity index (χ2v) is 10.5. The number of para-hydroxylation sites is 1. The van der Waals surface area contributed by atoms with Crippen molar-refractivity contribution >= 4 is 41.0 Å². The second kappa shape index (κ2) is 11.5. The summed E-state index contributed by atoms with van der Waals surface area (Å²) in [6, 6.07) is 20.8. The number of carboxylic acids is 2. The number of aromatic nitrogens is 2. The predicted molar refractivity (Wildman–Crippen MR) is 152 cm³/mol. The Morgan fingerprint density at radius 1 is 0.900 bits per heavy atom. The Balaban J connectivity index is 1.52. The van der Waals surface area contributed by atoms with Gasteiger partial charge in [-0.1, -0.05) is 59.6 Å². The minimum atomic E-state index is -1.10. The highest BCUT2D eigenvalue weighted by atomic mass is 35.5. The Morgan fingerprint density at radius 3 is 2.25 bits per heavy atom. The van der Waals surface area contributed by atoms with Crippen LogP contribution in [0, 0.1) is 0 Å². The van der Waals surface area contributed by atoms with Gasteiger partial charge in [0.05, 0.1) is 28.4 Å². The van der Waals surface area contributed by atoms with Crippen molar-refractivity contribution in [2.75, 3.05) is 13.1 Å². The molecule has 0 spiro atoms. The number of halogens is 2. The molecular weight excluding hydrogens is 553 g/mol. The van der Waals surface area contributed by atoms with E-state index in [4.69, 9.17) is 23.2 Å². The fraction of sp³-hybridized carbons (Fsp3) is 0.200. The fourth-order valence-corrected chi connectivity index (χ4v) is 5.48. The topological polar surface area (TPSA) is 113 Å². The summed E-state index contributed by atoms with van der Waals surface area (Å²) in [4.78, 5) is 38.9. The molecule has 0 radical (unpaired) electrons. The van der Waals surface area contributed by atoms with Crippen LogP contribution in [0.4, 0.5) is 0 Å². The number of aromatic carboxylic acids is 1. The minimum Gasteiger partial charge on any atom is -0.481 e. The Bertz CT molecular complexity index is 1590. The van der Waals surface area contributed by atoms with Crippen molar-refractivity contribution in [2.45, 2.75) is 25.2 Å². The zero-order valence-corrected chi connectivity index (χ0v) is 22.8. The molecule has 0 atom stereocenters. The summed E-state index contributed by atoms with van der Waals surface area (Å²) < 4.78 is 1.53. The summed E-state index contributed by atoms with van der Waals surface area (Å²) in [5.74, 6) is -2.34. The zero-order chi connectivity index (χ0) is 28.4. The molecule has 2 N–H and O–H groups in total. The molecule has 0 aliphatic carbocycles. The van der Waals surface area contributed by atoms with Gasteiger partial charge in [-0.3, -0.25) is 9.59 Å². The standard InChI is InChI=1S/C30H25Cl2N3O5/c31-22-10-8-19(9-11-22)28-23(17-26(36)37)27(33-35(28)25-7-2-1-6-24(25)32)29(38)34-14-12-18(13-15-34)20-4-3-5-21(16-20)30(39)40/h1-11,16,18H,12-15,17H2,(H,36,37)(H,39,40). The molecule has 10 heteroatoms. The highest BCUT2D eigenvalue weighted by Gasteiger charge is 2.32. The summed E-state index contributed by atoms with van der Waals surface area (Å²) in [6.07, 6.45) is 0.860. The van der Waals surface area contributed by atoms with Crippen LogP contribution in [0.5, 0.6) is 0 Å². The molecule has 0 bridgehead atoms. The van der Waals surface area contributed by atoms with E-state index in [1.165, 1.54) is 4.68 Å². The van der Waals surface area contributed by atoms with Crippen molar-refractivity contribution in [3.63, 3.8) is 0 Å². The van der Waals surface area contributed by atoms with E-state index in [2.05, 4.69) is 5.10 Å². The number of benzene rings is 3.